The number of rotatable bonds is 6. The molecule has 0 spiro atoms. The smallest absolute Gasteiger partial charge is 0.122 e. The number of hydrogen-bond donors (Lipinski definition) is 3. The molecule has 0 saturated heterocycles. The fraction of sp³-hybridized carbons (Fsp3) is 0.500. The maximum Gasteiger partial charge on any atom is 0.122 e. The predicted molar refractivity (Wildman–Crippen MR) is 63.0 cm³/mol. The lowest BCUT2D eigenvalue weighted by Crippen LogP contribution is -1.96. The summed E-state index contributed by atoms with van der Waals surface area (Å²) in [4.78, 5) is 0. The highest BCUT2D eigenvalue weighted by Gasteiger charge is 1.94. The Kier molecular flexibility index (Phi) is 9.46. The number of ether oxygens (including phenoxy) is 1. The molecule has 0 radical (unpaired) electrons. The Labute approximate surface area is 96.1 Å². The first kappa shape index (κ1) is 14.7. The molecule has 92 valence electrons. The van der Waals surface area contributed by atoms with Gasteiger partial charge in [-0.05, 0) is 18.6 Å². The van der Waals surface area contributed by atoms with Crippen molar-refractivity contribution >= 4 is 0 Å². The van der Waals surface area contributed by atoms with Crippen LogP contribution in [0.1, 0.15) is 32.6 Å². The Balaban J connectivity index is 0.00000106. The summed E-state index contributed by atoms with van der Waals surface area (Å²) >= 11 is 0. The molecule has 0 aliphatic heterocycles. The van der Waals surface area contributed by atoms with Crippen molar-refractivity contribution in [3.63, 3.8) is 0 Å². The molecule has 0 amide bonds. The van der Waals surface area contributed by atoms with Crippen molar-refractivity contribution in [1.29, 1.82) is 0 Å². The second kappa shape index (κ2) is 10.3. The van der Waals surface area contributed by atoms with Gasteiger partial charge in [-0.15, -0.1) is 0 Å². The van der Waals surface area contributed by atoms with Crippen molar-refractivity contribution in [3.8, 4) is 11.5 Å². The summed E-state index contributed by atoms with van der Waals surface area (Å²) in [7, 11) is 0. The maximum absolute atomic E-state index is 9.17. The first-order valence-corrected chi connectivity index (χ1v) is 5.44. The van der Waals surface area contributed by atoms with E-state index in [4.69, 9.17) is 15.3 Å². The summed E-state index contributed by atoms with van der Waals surface area (Å²) in [5, 5.41) is 21.2. The minimum Gasteiger partial charge on any atom is -0.508 e. The van der Waals surface area contributed by atoms with Crippen molar-refractivity contribution in [1.82, 2.24) is 0 Å². The topological polar surface area (TPSA) is 69.9 Å². The van der Waals surface area contributed by atoms with Gasteiger partial charge in [0.2, 0.25) is 0 Å². The molecule has 16 heavy (non-hydrogen) atoms. The Morgan fingerprint density at radius 2 is 1.88 bits per heavy atom. The molecular formula is C12H20O4. The largest absolute Gasteiger partial charge is 0.508 e. The van der Waals surface area contributed by atoms with Gasteiger partial charge in [0.15, 0.2) is 0 Å². The van der Waals surface area contributed by atoms with Crippen molar-refractivity contribution < 1.29 is 20.4 Å². The van der Waals surface area contributed by atoms with Crippen molar-refractivity contribution in [2.75, 3.05) is 6.61 Å². The van der Waals surface area contributed by atoms with Gasteiger partial charge in [-0.1, -0.05) is 32.3 Å². The molecule has 0 aliphatic carbocycles. The van der Waals surface area contributed by atoms with Crippen LogP contribution in [0, 0.1) is 0 Å². The van der Waals surface area contributed by atoms with Crippen LogP contribution in [0.4, 0.5) is 0 Å². The molecule has 0 aromatic heterocycles. The van der Waals surface area contributed by atoms with Gasteiger partial charge < -0.3 is 9.84 Å². The van der Waals surface area contributed by atoms with E-state index in [2.05, 4.69) is 6.92 Å². The van der Waals surface area contributed by atoms with Gasteiger partial charge in [0.1, 0.15) is 11.5 Å². The van der Waals surface area contributed by atoms with Gasteiger partial charge in [-0.25, -0.2) is 0 Å². The van der Waals surface area contributed by atoms with E-state index in [1.165, 1.54) is 19.3 Å². The number of benzene rings is 1. The summed E-state index contributed by atoms with van der Waals surface area (Å²) in [6, 6.07) is 6.93. The Morgan fingerprint density at radius 1 is 1.12 bits per heavy atom. The molecule has 0 saturated carbocycles. The SMILES string of the molecule is CCCCCCOc1cccc(O)c1.OO. The van der Waals surface area contributed by atoms with E-state index in [-0.39, 0.29) is 5.75 Å². The van der Waals surface area contributed by atoms with Gasteiger partial charge in [-0.2, -0.15) is 0 Å². The van der Waals surface area contributed by atoms with Gasteiger partial charge in [0.25, 0.3) is 0 Å². The van der Waals surface area contributed by atoms with E-state index in [1.54, 1.807) is 18.2 Å². The highest BCUT2D eigenvalue weighted by molar-refractivity contribution is 5.31. The van der Waals surface area contributed by atoms with Crippen LogP contribution in [-0.2, 0) is 0 Å². The minimum atomic E-state index is 0.260. The lowest BCUT2D eigenvalue weighted by Gasteiger charge is -2.05. The molecule has 3 N–H and O–H groups in total. The molecule has 0 unspecified atom stereocenters. The van der Waals surface area contributed by atoms with E-state index in [0.717, 1.165) is 18.8 Å². The molecule has 4 heteroatoms. The number of aromatic hydroxyl groups is 1. The Hall–Kier alpha value is -1.26. The van der Waals surface area contributed by atoms with Gasteiger partial charge in [-0.3, -0.25) is 10.5 Å². The zero-order valence-corrected chi connectivity index (χ0v) is 9.59. The van der Waals surface area contributed by atoms with Crippen LogP contribution in [-0.4, -0.2) is 22.2 Å². The highest BCUT2D eigenvalue weighted by atomic mass is 17.0. The number of unbranched alkanes of at least 4 members (excludes halogenated alkanes) is 3. The van der Waals surface area contributed by atoms with Crippen molar-refractivity contribution in [3.05, 3.63) is 24.3 Å². The molecule has 0 bridgehead atoms. The fourth-order valence-electron chi connectivity index (χ4n) is 1.29. The van der Waals surface area contributed by atoms with Crippen LogP contribution in [0.5, 0.6) is 11.5 Å². The fourth-order valence-corrected chi connectivity index (χ4v) is 1.29. The molecule has 1 aromatic carbocycles. The number of hydrogen-bond acceptors (Lipinski definition) is 4. The summed E-state index contributed by atoms with van der Waals surface area (Å²) in [5.74, 6) is 1.01. The number of phenols is 1. The minimum absolute atomic E-state index is 0.260. The molecule has 0 fully saturated rings. The third-order valence-corrected chi connectivity index (χ3v) is 2.08. The van der Waals surface area contributed by atoms with E-state index in [0.29, 0.717) is 0 Å². The standard InChI is InChI=1S/C12H18O2.H2O2/c1-2-3-4-5-9-14-12-8-6-7-11(13)10-12;1-2/h6-8,10,13H,2-5,9H2,1H3;1-2H. The zero-order chi connectivity index (χ0) is 12.2. The number of phenolic OH excluding ortho intramolecular Hbond substituents is 1. The highest BCUT2D eigenvalue weighted by Crippen LogP contribution is 2.17. The molecule has 0 atom stereocenters. The van der Waals surface area contributed by atoms with Crippen LogP contribution < -0.4 is 4.74 Å². The molecule has 1 rings (SSSR count). The lowest BCUT2D eigenvalue weighted by atomic mass is 10.2. The van der Waals surface area contributed by atoms with Crippen LogP contribution >= 0.6 is 0 Å². The van der Waals surface area contributed by atoms with E-state index < -0.39 is 0 Å². The molecule has 0 aliphatic rings. The molecule has 1 aromatic rings. The van der Waals surface area contributed by atoms with Crippen molar-refractivity contribution in [2.24, 2.45) is 0 Å². The second-order valence-corrected chi connectivity index (χ2v) is 3.41. The summed E-state index contributed by atoms with van der Waals surface area (Å²) in [6.45, 7) is 2.93. The lowest BCUT2D eigenvalue weighted by molar-refractivity contribution is -0.176. The first-order valence-electron chi connectivity index (χ1n) is 5.44. The van der Waals surface area contributed by atoms with Crippen LogP contribution in [0.15, 0.2) is 24.3 Å². The summed E-state index contributed by atoms with van der Waals surface area (Å²) in [6.07, 6.45) is 4.81. The first-order chi connectivity index (χ1) is 7.83. The maximum atomic E-state index is 9.17. The van der Waals surface area contributed by atoms with E-state index >= 15 is 0 Å². The quantitative estimate of drug-likeness (QED) is 0.396. The van der Waals surface area contributed by atoms with Crippen molar-refractivity contribution in [2.45, 2.75) is 32.6 Å². The molecule has 0 heterocycles. The third-order valence-electron chi connectivity index (χ3n) is 2.08. The normalized spacial score (nSPS) is 9.19. The van der Waals surface area contributed by atoms with Gasteiger partial charge in [0, 0.05) is 6.07 Å². The molecular weight excluding hydrogens is 208 g/mol. The van der Waals surface area contributed by atoms with Crippen LogP contribution in [0.2, 0.25) is 0 Å². The van der Waals surface area contributed by atoms with Gasteiger partial charge >= 0.3 is 0 Å². The summed E-state index contributed by atoms with van der Waals surface area (Å²) in [5.41, 5.74) is 0. The average molecular weight is 228 g/mol. The Bertz CT molecular complexity index is 263. The van der Waals surface area contributed by atoms with Crippen LogP contribution in [0.3, 0.4) is 0 Å². The second-order valence-electron chi connectivity index (χ2n) is 3.41. The average Bonchev–Trinajstić information content (AvgIpc) is 2.32. The third kappa shape index (κ3) is 7.09. The van der Waals surface area contributed by atoms with E-state index in [9.17, 15) is 5.11 Å². The van der Waals surface area contributed by atoms with E-state index in [1.807, 2.05) is 6.07 Å². The predicted octanol–water partition coefficient (Wildman–Crippen LogP) is 3.37. The Morgan fingerprint density at radius 3 is 2.50 bits per heavy atom. The molecule has 4 nitrogen and oxygen atoms in total. The summed E-state index contributed by atoms with van der Waals surface area (Å²) < 4.78 is 5.47. The monoisotopic (exact) mass is 228 g/mol. The van der Waals surface area contributed by atoms with Crippen LogP contribution in [0.25, 0.3) is 0 Å². The zero-order valence-electron chi connectivity index (χ0n) is 9.59. The van der Waals surface area contributed by atoms with Gasteiger partial charge in [0.05, 0.1) is 6.61 Å².